The van der Waals surface area contributed by atoms with E-state index in [-0.39, 0.29) is 19.2 Å². The van der Waals surface area contributed by atoms with Crippen LogP contribution in [0.25, 0.3) is 0 Å². The van der Waals surface area contributed by atoms with Crippen molar-refractivity contribution in [3.63, 3.8) is 0 Å². The van der Waals surface area contributed by atoms with Gasteiger partial charge in [0.2, 0.25) is 12.7 Å². The molecule has 0 fully saturated rings. The van der Waals surface area contributed by atoms with Gasteiger partial charge in [0.1, 0.15) is 0 Å². The highest BCUT2D eigenvalue weighted by atomic mass is 35.5. The molecule has 0 aliphatic carbocycles. The van der Waals surface area contributed by atoms with Gasteiger partial charge in [-0.2, -0.15) is 0 Å². The molecule has 0 atom stereocenters. The summed E-state index contributed by atoms with van der Waals surface area (Å²) in [6.07, 6.45) is 0. The van der Waals surface area contributed by atoms with Crippen LogP contribution in [0.1, 0.15) is 5.56 Å². The van der Waals surface area contributed by atoms with E-state index in [1.807, 2.05) is 31.2 Å². The second-order valence-corrected chi connectivity index (χ2v) is 5.34. The SMILES string of the molecule is Cc1ccc(NC(=O)CNc2ccc3c(c2)OCO3)cc1Cl. The van der Waals surface area contributed by atoms with Crippen LogP contribution < -0.4 is 20.1 Å². The summed E-state index contributed by atoms with van der Waals surface area (Å²) in [5, 5.41) is 6.46. The van der Waals surface area contributed by atoms with E-state index in [1.54, 1.807) is 12.1 Å². The Morgan fingerprint density at radius 3 is 2.73 bits per heavy atom. The van der Waals surface area contributed by atoms with E-state index in [1.165, 1.54) is 0 Å². The molecule has 22 heavy (non-hydrogen) atoms. The zero-order chi connectivity index (χ0) is 15.5. The molecule has 1 heterocycles. The average molecular weight is 319 g/mol. The van der Waals surface area contributed by atoms with Gasteiger partial charge in [0.15, 0.2) is 11.5 Å². The largest absolute Gasteiger partial charge is 0.454 e. The van der Waals surface area contributed by atoms with E-state index in [9.17, 15) is 4.79 Å². The molecular weight excluding hydrogens is 304 g/mol. The first-order valence-corrected chi connectivity index (χ1v) is 7.19. The van der Waals surface area contributed by atoms with Crippen LogP contribution in [0, 0.1) is 6.92 Å². The number of hydrogen-bond donors (Lipinski definition) is 2. The maximum atomic E-state index is 11.9. The molecule has 1 aliphatic rings. The molecule has 3 rings (SSSR count). The Morgan fingerprint density at radius 2 is 1.91 bits per heavy atom. The molecule has 1 amide bonds. The maximum absolute atomic E-state index is 11.9. The summed E-state index contributed by atoms with van der Waals surface area (Å²) >= 11 is 6.03. The minimum Gasteiger partial charge on any atom is -0.454 e. The zero-order valence-corrected chi connectivity index (χ0v) is 12.7. The fourth-order valence-corrected chi connectivity index (χ4v) is 2.25. The molecule has 5 nitrogen and oxygen atoms in total. The van der Waals surface area contributed by atoms with E-state index in [2.05, 4.69) is 10.6 Å². The molecule has 0 unspecified atom stereocenters. The van der Waals surface area contributed by atoms with Gasteiger partial charge < -0.3 is 20.1 Å². The quantitative estimate of drug-likeness (QED) is 0.906. The number of aryl methyl sites for hydroxylation is 1. The summed E-state index contributed by atoms with van der Waals surface area (Å²) in [5.41, 5.74) is 2.44. The lowest BCUT2D eigenvalue weighted by molar-refractivity contribution is -0.114. The number of benzene rings is 2. The van der Waals surface area contributed by atoms with E-state index < -0.39 is 0 Å². The second kappa shape index (κ2) is 6.15. The molecule has 0 bridgehead atoms. The minimum atomic E-state index is -0.155. The van der Waals surface area contributed by atoms with Crippen LogP contribution in [-0.2, 0) is 4.79 Å². The number of carbonyl (C=O) groups excluding carboxylic acids is 1. The summed E-state index contributed by atoms with van der Waals surface area (Å²) < 4.78 is 10.5. The highest BCUT2D eigenvalue weighted by Gasteiger charge is 2.13. The second-order valence-electron chi connectivity index (χ2n) is 4.93. The molecule has 2 N–H and O–H groups in total. The minimum absolute atomic E-state index is 0.144. The highest BCUT2D eigenvalue weighted by molar-refractivity contribution is 6.31. The lowest BCUT2D eigenvalue weighted by Gasteiger charge is -2.09. The summed E-state index contributed by atoms with van der Waals surface area (Å²) in [6, 6.07) is 10.9. The monoisotopic (exact) mass is 318 g/mol. The number of ether oxygens (including phenoxy) is 2. The number of carbonyl (C=O) groups is 1. The van der Waals surface area contributed by atoms with Crippen LogP contribution >= 0.6 is 11.6 Å². The van der Waals surface area contributed by atoms with Crippen LogP contribution in [0.5, 0.6) is 11.5 Å². The Kier molecular flexibility index (Phi) is 4.06. The van der Waals surface area contributed by atoms with Gasteiger partial charge in [-0.1, -0.05) is 17.7 Å². The molecule has 0 saturated carbocycles. The topological polar surface area (TPSA) is 59.6 Å². The van der Waals surface area contributed by atoms with Crippen LogP contribution in [0.2, 0.25) is 5.02 Å². The lowest BCUT2D eigenvalue weighted by Crippen LogP contribution is -2.21. The van der Waals surface area contributed by atoms with Gasteiger partial charge in [0.05, 0.1) is 6.54 Å². The molecule has 0 spiro atoms. The fourth-order valence-electron chi connectivity index (χ4n) is 2.06. The predicted octanol–water partition coefficient (Wildman–Crippen LogP) is 3.43. The van der Waals surface area contributed by atoms with Crippen molar-refractivity contribution in [1.29, 1.82) is 0 Å². The lowest BCUT2D eigenvalue weighted by atomic mass is 10.2. The Labute approximate surface area is 133 Å². The number of halogens is 1. The van der Waals surface area contributed by atoms with Crippen molar-refractivity contribution >= 4 is 28.9 Å². The van der Waals surface area contributed by atoms with Crippen molar-refractivity contribution < 1.29 is 14.3 Å². The average Bonchev–Trinajstić information content (AvgIpc) is 2.96. The van der Waals surface area contributed by atoms with Crippen LogP contribution in [0.4, 0.5) is 11.4 Å². The van der Waals surface area contributed by atoms with E-state index >= 15 is 0 Å². The summed E-state index contributed by atoms with van der Waals surface area (Å²) in [7, 11) is 0. The van der Waals surface area contributed by atoms with Gasteiger partial charge >= 0.3 is 0 Å². The van der Waals surface area contributed by atoms with E-state index in [0.29, 0.717) is 22.2 Å². The number of fused-ring (bicyclic) bond motifs is 1. The molecule has 0 saturated heterocycles. The highest BCUT2D eigenvalue weighted by Crippen LogP contribution is 2.34. The maximum Gasteiger partial charge on any atom is 0.243 e. The Morgan fingerprint density at radius 1 is 1.14 bits per heavy atom. The number of hydrogen-bond acceptors (Lipinski definition) is 4. The van der Waals surface area contributed by atoms with Crippen LogP contribution in [0.15, 0.2) is 36.4 Å². The number of anilines is 2. The van der Waals surface area contributed by atoms with Gasteiger partial charge in [0.25, 0.3) is 0 Å². The molecule has 1 aliphatic heterocycles. The predicted molar refractivity (Wildman–Crippen MR) is 85.9 cm³/mol. The van der Waals surface area contributed by atoms with Crippen molar-refractivity contribution in [2.75, 3.05) is 24.0 Å². The van der Waals surface area contributed by atoms with E-state index in [0.717, 1.165) is 11.3 Å². The summed E-state index contributed by atoms with van der Waals surface area (Å²) in [6.45, 7) is 2.29. The summed E-state index contributed by atoms with van der Waals surface area (Å²) in [5.74, 6) is 1.23. The Hall–Kier alpha value is -2.40. The third kappa shape index (κ3) is 3.26. The molecule has 2 aromatic carbocycles. The molecule has 0 aromatic heterocycles. The van der Waals surface area contributed by atoms with Crippen molar-refractivity contribution in [1.82, 2.24) is 0 Å². The smallest absolute Gasteiger partial charge is 0.243 e. The van der Waals surface area contributed by atoms with Crippen LogP contribution in [0.3, 0.4) is 0 Å². The Balaban J connectivity index is 1.57. The molecule has 6 heteroatoms. The van der Waals surface area contributed by atoms with Crippen molar-refractivity contribution in [2.24, 2.45) is 0 Å². The molecule has 0 radical (unpaired) electrons. The van der Waals surface area contributed by atoms with Crippen molar-refractivity contribution in [3.05, 3.63) is 47.0 Å². The molecule has 2 aromatic rings. The van der Waals surface area contributed by atoms with Gasteiger partial charge in [-0.15, -0.1) is 0 Å². The Bertz CT molecular complexity index is 719. The van der Waals surface area contributed by atoms with Crippen molar-refractivity contribution in [3.8, 4) is 11.5 Å². The fraction of sp³-hybridized carbons (Fsp3) is 0.188. The van der Waals surface area contributed by atoms with Gasteiger partial charge in [0, 0.05) is 22.5 Å². The number of rotatable bonds is 4. The van der Waals surface area contributed by atoms with Crippen LogP contribution in [-0.4, -0.2) is 19.2 Å². The third-order valence-electron chi connectivity index (χ3n) is 3.28. The number of nitrogens with one attached hydrogen (secondary N) is 2. The van der Waals surface area contributed by atoms with Gasteiger partial charge in [-0.05, 0) is 36.8 Å². The van der Waals surface area contributed by atoms with Gasteiger partial charge in [-0.25, -0.2) is 0 Å². The molecule has 114 valence electrons. The van der Waals surface area contributed by atoms with Gasteiger partial charge in [-0.3, -0.25) is 4.79 Å². The third-order valence-corrected chi connectivity index (χ3v) is 3.69. The first kappa shape index (κ1) is 14.5. The first-order chi connectivity index (χ1) is 10.6. The summed E-state index contributed by atoms with van der Waals surface area (Å²) in [4.78, 5) is 11.9. The standard InChI is InChI=1S/C16H15ClN2O3/c1-10-2-3-12(6-13(10)17)19-16(20)8-18-11-4-5-14-15(7-11)22-9-21-14/h2-7,18H,8-9H2,1H3,(H,19,20). The zero-order valence-electron chi connectivity index (χ0n) is 12.0. The molecular formula is C16H15ClN2O3. The number of amides is 1. The normalized spacial score (nSPS) is 12.1. The first-order valence-electron chi connectivity index (χ1n) is 6.81. The van der Waals surface area contributed by atoms with Crippen molar-refractivity contribution in [2.45, 2.75) is 6.92 Å². The van der Waals surface area contributed by atoms with E-state index in [4.69, 9.17) is 21.1 Å².